The van der Waals surface area contributed by atoms with Crippen molar-refractivity contribution >= 4 is 5.97 Å². The summed E-state index contributed by atoms with van der Waals surface area (Å²) in [5.74, 6) is -0.737. The summed E-state index contributed by atoms with van der Waals surface area (Å²) in [6.07, 6.45) is 28.7. The van der Waals surface area contributed by atoms with Crippen molar-refractivity contribution in [3.63, 3.8) is 0 Å². The Labute approximate surface area is 152 Å². The van der Waals surface area contributed by atoms with Gasteiger partial charge in [-0.2, -0.15) is 0 Å². The molecule has 0 unspecified atom stereocenters. The molecule has 3 heteroatoms. The Hall–Kier alpha value is -2.13. The van der Waals surface area contributed by atoms with E-state index in [1.165, 1.54) is 0 Å². The minimum atomic E-state index is -0.737. The van der Waals surface area contributed by atoms with Gasteiger partial charge in [-0.15, -0.1) is 0 Å². The molecule has 0 aliphatic rings. The van der Waals surface area contributed by atoms with Crippen LogP contribution in [0, 0.1) is 0 Å². The molecular formula is C22H32O3. The molecule has 0 rings (SSSR count). The van der Waals surface area contributed by atoms with Crippen LogP contribution >= 0.6 is 0 Å². The molecule has 0 saturated carbocycles. The number of hydrogen-bond donors (Lipinski definition) is 2. The highest BCUT2D eigenvalue weighted by Crippen LogP contribution is 1.98. The number of hydrogen-bond acceptors (Lipinski definition) is 2. The van der Waals surface area contributed by atoms with Crippen LogP contribution in [-0.4, -0.2) is 22.3 Å². The lowest BCUT2D eigenvalue weighted by Gasteiger charge is -1.98. The van der Waals surface area contributed by atoms with Crippen molar-refractivity contribution in [2.45, 2.75) is 58.0 Å². The number of unbranched alkanes of at least 4 members (excludes halogenated alkanes) is 1. The van der Waals surface area contributed by atoms with Crippen LogP contribution in [0.1, 0.15) is 51.9 Å². The van der Waals surface area contributed by atoms with Crippen LogP contribution in [-0.2, 0) is 4.79 Å². The number of aliphatic hydroxyl groups is 1. The number of carboxylic acid groups (broad SMARTS) is 1. The fraction of sp³-hybridized carbons (Fsp3) is 0.409. The molecule has 0 heterocycles. The predicted molar refractivity (Wildman–Crippen MR) is 106 cm³/mol. The van der Waals surface area contributed by atoms with E-state index in [4.69, 9.17) is 5.11 Å². The van der Waals surface area contributed by atoms with Crippen LogP contribution in [0.5, 0.6) is 0 Å². The highest BCUT2D eigenvalue weighted by Gasteiger charge is 1.93. The van der Waals surface area contributed by atoms with Crippen molar-refractivity contribution in [3.8, 4) is 0 Å². The van der Waals surface area contributed by atoms with Gasteiger partial charge in [0.2, 0.25) is 0 Å². The molecule has 0 aromatic rings. The number of aliphatic hydroxyl groups excluding tert-OH is 1. The minimum Gasteiger partial charge on any atom is -0.481 e. The molecule has 0 amide bonds. The van der Waals surface area contributed by atoms with Crippen molar-refractivity contribution < 1.29 is 15.0 Å². The second-order valence-electron chi connectivity index (χ2n) is 5.58. The second-order valence-corrected chi connectivity index (χ2v) is 5.58. The van der Waals surface area contributed by atoms with Gasteiger partial charge < -0.3 is 10.2 Å². The summed E-state index contributed by atoms with van der Waals surface area (Å²) in [6.45, 7) is 2.08. The molecule has 0 radical (unpaired) electrons. The zero-order valence-electron chi connectivity index (χ0n) is 15.3. The second kappa shape index (κ2) is 18.2. The molecule has 25 heavy (non-hydrogen) atoms. The number of aliphatic carboxylic acids is 1. The van der Waals surface area contributed by atoms with Crippen LogP contribution in [0.4, 0.5) is 0 Å². The number of rotatable bonds is 14. The van der Waals surface area contributed by atoms with Gasteiger partial charge in [0, 0.05) is 6.42 Å². The quantitative estimate of drug-likeness (QED) is 0.248. The third-order valence-corrected chi connectivity index (χ3v) is 3.22. The Morgan fingerprint density at radius 3 is 2.16 bits per heavy atom. The Balaban J connectivity index is 3.67. The molecule has 0 bridgehead atoms. The first-order valence-corrected chi connectivity index (χ1v) is 9.01. The molecule has 0 fully saturated rings. The Morgan fingerprint density at radius 2 is 1.52 bits per heavy atom. The van der Waals surface area contributed by atoms with E-state index in [2.05, 4.69) is 31.2 Å². The molecule has 0 aliphatic carbocycles. The van der Waals surface area contributed by atoms with E-state index in [0.29, 0.717) is 12.8 Å². The molecule has 0 aliphatic heterocycles. The van der Waals surface area contributed by atoms with Crippen molar-refractivity contribution in [2.75, 3.05) is 0 Å². The topological polar surface area (TPSA) is 57.5 Å². The lowest BCUT2D eigenvalue weighted by Crippen LogP contribution is -1.98. The van der Waals surface area contributed by atoms with Crippen molar-refractivity contribution in [3.05, 3.63) is 72.9 Å². The fourth-order valence-electron chi connectivity index (χ4n) is 1.88. The number of carboxylic acids is 1. The van der Waals surface area contributed by atoms with E-state index in [9.17, 15) is 9.90 Å². The normalized spacial score (nSPS) is 14.3. The maximum Gasteiger partial charge on any atom is 0.303 e. The standard InChI is InChI=1S/C22H32O3/c1-2-3-15-18-21(23)19-16-13-11-9-7-5-4-6-8-10-12-14-17-20-22(24)25/h3,5-8,10-13,15-16,19,21,23H,2,4,9,14,17-18,20H2,1H3,(H,24,25)/t21-/m1/s1. The third-order valence-electron chi connectivity index (χ3n) is 3.22. The minimum absolute atomic E-state index is 0.231. The lowest BCUT2D eigenvalue weighted by molar-refractivity contribution is -0.137. The molecule has 2 N–H and O–H groups in total. The molecule has 0 aromatic heterocycles. The largest absolute Gasteiger partial charge is 0.481 e. The maximum absolute atomic E-state index is 10.3. The van der Waals surface area contributed by atoms with Crippen LogP contribution < -0.4 is 0 Å². The Morgan fingerprint density at radius 1 is 0.880 bits per heavy atom. The SMILES string of the molecule is CCC=CC[C@@H](O)C=CC=CCC=CCC=CC=CCCCC(=O)O. The summed E-state index contributed by atoms with van der Waals surface area (Å²) in [5.41, 5.74) is 0. The van der Waals surface area contributed by atoms with Gasteiger partial charge in [-0.25, -0.2) is 0 Å². The van der Waals surface area contributed by atoms with Crippen LogP contribution in [0.15, 0.2) is 72.9 Å². The summed E-state index contributed by atoms with van der Waals surface area (Å²) >= 11 is 0. The van der Waals surface area contributed by atoms with E-state index in [-0.39, 0.29) is 6.42 Å². The van der Waals surface area contributed by atoms with Gasteiger partial charge in [0.1, 0.15) is 0 Å². The van der Waals surface area contributed by atoms with E-state index in [0.717, 1.165) is 25.7 Å². The summed E-state index contributed by atoms with van der Waals surface area (Å²) < 4.78 is 0. The highest BCUT2D eigenvalue weighted by atomic mass is 16.4. The first-order valence-electron chi connectivity index (χ1n) is 9.01. The number of allylic oxidation sites excluding steroid dienone is 10. The zero-order chi connectivity index (χ0) is 18.6. The lowest BCUT2D eigenvalue weighted by atomic mass is 10.2. The fourth-order valence-corrected chi connectivity index (χ4v) is 1.88. The number of carbonyl (C=O) groups is 1. The molecular weight excluding hydrogens is 312 g/mol. The summed E-state index contributed by atoms with van der Waals surface area (Å²) in [5, 5.41) is 18.2. The maximum atomic E-state index is 10.3. The van der Waals surface area contributed by atoms with Gasteiger partial charge in [0.25, 0.3) is 0 Å². The smallest absolute Gasteiger partial charge is 0.303 e. The van der Waals surface area contributed by atoms with E-state index < -0.39 is 12.1 Å². The Bertz CT molecular complexity index is 493. The van der Waals surface area contributed by atoms with Crippen molar-refractivity contribution in [2.24, 2.45) is 0 Å². The third kappa shape index (κ3) is 19.8. The first kappa shape index (κ1) is 22.9. The summed E-state index contributed by atoms with van der Waals surface area (Å²) in [4.78, 5) is 10.3. The molecule has 1 atom stereocenters. The zero-order valence-corrected chi connectivity index (χ0v) is 15.3. The van der Waals surface area contributed by atoms with Gasteiger partial charge in [0.15, 0.2) is 0 Å². The van der Waals surface area contributed by atoms with Gasteiger partial charge >= 0.3 is 5.97 Å². The summed E-state index contributed by atoms with van der Waals surface area (Å²) in [7, 11) is 0. The molecule has 0 aromatic carbocycles. The van der Waals surface area contributed by atoms with Crippen LogP contribution in [0.25, 0.3) is 0 Å². The van der Waals surface area contributed by atoms with Gasteiger partial charge in [-0.1, -0.05) is 79.8 Å². The summed E-state index contributed by atoms with van der Waals surface area (Å²) in [6, 6.07) is 0. The van der Waals surface area contributed by atoms with Crippen molar-refractivity contribution in [1.29, 1.82) is 0 Å². The predicted octanol–water partition coefficient (Wildman–Crippen LogP) is 5.52. The first-order chi connectivity index (χ1) is 12.2. The average molecular weight is 344 g/mol. The monoisotopic (exact) mass is 344 g/mol. The molecule has 0 spiro atoms. The van der Waals surface area contributed by atoms with E-state index >= 15 is 0 Å². The van der Waals surface area contributed by atoms with E-state index in [1.54, 1.807) is 6.08 Å². The van der Waals surface area contributed by atoms with Gasteiger partial charge in [-0.05, 0) is 38.5 Å². The van der Waals surface area contributed by atoms with E-state index in [1.807, 2.05) is 42.5 Å². The highest BCUT2D eigenvalue weighted by molar-refractivity contribution is 5.66. The molecule has 138 valence electrons. The Kier molecular flexibility index (Phi) is 16.7. The molecule has 0 saturated heterocycles. The van der Waals surface area contributed by atoms with Crippen molar-refractivity contribution in [1.82, 2.24) is 0 Å². The average Bonchev–Trinajstić information content (AvgIpc) is 2.58. The van der Waals surface area contributed by atoms with Crippen LogP contribution in [0.2, 0.25) is 0 Å². The molecule has 3 nitrogen and oxygen atoms in total. The van der Waals surface area contributed by atoms with Crippen LogP contribution in [0.3, 0.4) is 0 Å². The van der Waals surface area contributed by atoms with Gasteiger partial charge in [-0.3, -0.25) is 4.79 Å². The van der Waals surface area contributed by atoms with Gasteiger partial charge in [0.05, 0.1) is 6.10 Å².